The fourth-order valence-electron chi connectivity index (χ4n) is 3.42. The highest BCUT2D eigenvalue weighted by Gasteiger charge is 2.12. The lowest BCUT2D eigenvalue weighted by molar-refractivity contribution is 0.260. The maximum atomic E-state index is 5.68. The third-order valence-electron chi connectivity index (χ3n) is 5.18. The molecule has 35 heavy (non-hydrogen) atoms. The lowest BCUT2D eigenvalue weighted by Crippen LogP contribution is -2.19. The minimum Gasteiger partial charge on any atom is -0.489 e. The van der Waals surface area contributed by atoms with Gasteiger partial charge in [0.25, 0.3) is 0 Å². The summed E-state index contributed by atoms with van der Waals surface area (Å²) in [4.78, 5) is 20.1. The largest absolute Gasteiger partial charge is 0.489 e. The number of benzene rings is 1. The molecule has 0 radical (unpaired) electrons. The van der Waals surface area contributed by atoms with E-state index < -0.39 is 0 Å². The third-order valence-corrected chi connectivity index (χ3v) is 5.18. The molecule has 0 unspecified atom stereocenters. The normalized spacial score (nSPS) is 11.1. The second kappa shape index (κ2) is 10.5. The molecule has 12 heteroatoms. The van der Waals surface area contributed by atoms with E-state index in [4.69, 9.17) is 9.72 Å². The standard InChI is InChI=1S/C23H24N10O.ClH/c1-31(2)7-8-34-19-11-24-21(25-12-19)17-6-4-5-16(9-17)14-33-23-22(29-30-33)26-13-20(28-23)18-10-27-32(3)15-18;/h4-6,9-13,15H,7-8,14H2,1-3H3;1H. The van der Waals surface area contributed by atoms with Crippen molar-refractivity contribution < 1.29 is 4.74 Å². The first kappa shape index (κ1) is 24.2. The van der Waals surface area contributed by atoms with E-state index in [1.54, 1.807) is 34.2 Å². The van der Waals surface area contributed by atoms with Gasteiger partial charge in [0.15, 0.2) is 17.2 Å². The maximum absolute atomic E-state index is 5.68. The zero-order valence-electron chi connectivity index (χ0n) is 19.6. The Labute approximate surface area is 208 Å². The van der Waals surface area contributed by atoms with Gasteiger partial charge in [-0.25, -0.2) is 24.6 Å². The second-order valence-corrected chi connectivity index (χ2v) is 8.15. The van der Waals surface area contributed by atoms with Gasteiger partial charge < -0.3 is 9.64 Å². The van der Waals surface area contributed by atoms with Crippen LogP contribution in [0.15, 0.2) is 55.2 Å². The molecule has 0 aliphatic carbocycles. The molecule has 0 saturated heterocycles. The molecule has 4 heterocycles. The molecule has 0 saturated carbocycles. The first-order valence-electron chi connectivity index (χ1n) is 10.8. The summed E-state index contributed by atoms with van der Waals surface area (Å²) in [5, 5.41) is 12.6. The van der Waals surface area contributed by atoms with Crippen LogP contribution in [-0.2, 0) is 13.6 Å². The first-order chi connectivity index (χ1) is 16.5. The van der Waals surface area contributed by atoms with E-state index in [-0.39, 0.29) is 12.4 Å². The molecule has 5 aromatic rings. The zero-order chi connectivity index (χ0) is 23.5. The summed E-state index contributed by atoms with van der Waals surface area (Å²) in [6.07, 6.45) is 8.73. The number of rotatable bonds is 8. The maximum Gasteiger partial charge on any atom is 0.221 e. The number of aromatic nitrogens is 9. The number of aryl methyl sites for hydroxylation is 1. The van der Waals surface area contributed by atoms with Crippen LogP contribution in [0.5, 0.6) is 5.75 Å². The Morgan fingerprint density at radius 1 is 1.00 bits per heavy atom. The predicted molar refractivity (Wildman–Crippen MR) is 133 cm³/mol. The van der Waals surface area contributed by atoms with Crippen molar-refractivity contribution in [3.05, 3.63) is 60.8 Å². The van der Waals surface area contributed by atoms with Crippen molar-refractivity contribution in [3.8, 4) is 28.4 Å². The van der Waals surface area contributed by atoms with Crippen molar-refractivity contribution in [1.29, 1.82) is 0 Å². The highest BCUT2D eigenvalue weighted by Crippen LogP contribution is 2.21. The molecule has 0 bridgehead atoms. The van der Waals surface area contributed by atoms with Crippen LogP contribution in [0.1, 0.15) is 5.56 Å². The molecule has 0 atom stereocenters. The Morgan fingerprint density at radius 3 is 2.57 bits per heavy atom. The summed E-state index contributed by atoms with van der Waals surface area (Å²) in [7, 11) is 5.87. The molecule has 0 aliphatic rings. The lowest BCUT2D eigenvalue weighted by atomic mass is 10.1. The van der Waals surface area contributed by atoms with Crippen LogP contribution in [0.25, 0.3) is 33.9 Å². The zero-order valence-corrected chi connectivity index (χ0v) is 20.4. The van der Waals surface area contributed by atoms with Gasteiger partial charge in [0.2, 0.25) is 5.65 Å². The highest BCUT2D eigenvalue weighted by molar-refractivity contribution is 5.85. The van der Waals surface area contributed by atoms with E-state index in [9.17, 15) is 0 Å². The second-order valence-electron chi connectivity index (χ2n) is 8.15. The molecule has 0 aliphatic heterocycles. The summed E-state index contributed by atoms with van der Waals surface area (Å²) in [6, 6.07) is 8.01. The summed E-state index contributed by atoms with van der Waals surface area (Å²) in [6.45, 7) is 1.90. The van der Waals surface area contributed by atoms with Crippen LogP contribution < -0.4 is 4.74 Å². The molecule has 4 aromatic heterocycles. The van der Waals surface area contributed by atoms with Gasteiger partial charge >= 0.3 is 0 Å². The van der Waals surface area contributed by atoms with Gasteiger partial charge in [-0.3, -0.25) is 4.68 Å². The van der Waals surface area contributed by atoms with Gasteiger partial charge in [0.05, 0.1) is 37.0 Å². The minimum absolute atomic E-state index is 0. The van der Waals surface area contributed by atoms with Crippen molar-refractivity contribution in [1.82, 2.24) is 49.6 Å². The quantitative estimate of drug-likeness (QED) is 0.322. The summed E-state index contributed by atoms with van der Waals surface area (Å²) >= 11 is 0. The average molecular weight is 493 g/mol. The van der Waals surface area contributed by atoms with Crippen molar-refractivity contribution in [2.75, 3.05) is 27.2 Å². The molecular formula is C23H25ClN10O. The Hall–Kier alpha value is -3.96. The van der Waals surface area contributed by atoms with E-state index in [1.807, 2.05) is 51.6 Å². The van der Waals surface area contributed by atoms with E-state index >= 15 is 0 Å². The van der Waals surface area contributed by atoms with Crippen molar-refractivity contribution in [2.24, 2.45) is 7.05 Å². The van der Waals surface area contributed by atoms with Crippen LogP contribution >= 0.6 is 12.4 Å². The van der Waals surface area contributed by atoms with Crippen LogP contribution in [0.3, 0.4) is 0 Å². The van der Waals surface area contributed by atoms with Crippen molar-refractivity contribution in [3.63, 3.8) is 0 Å². The SMILES string of the molecule is CN(C)CCOc1cnc(-c2cccc(Cn3nnc4ncc(-c5cnn(C)c5)nc43)c2)nc1.Cl. The van der Waals surface area contributed by atoms with Gasteiger partial charge in [0.1, 0.15) is 6.61 Å². The molecule has 0 spiro atoms. The van der Waals surface area contributed by atoms with E-state index in [0.29, 0.717) is 36.0 Å². The molecule has 180 valence electrons. The molecular weight excluding hydrogens is 468 g/mol. The molecule has 0 amide bonds. The molecule has 1 aromatic carbocycles. The van der Waals surface area contributed by atoms with Gasteiger partial charge in [-0.2, -0.15) is 5.10 Å². The first-order valence-corrected chi connectivity index (χ1v) is 10.8. The van der Waals surface area contributed by atoms with Gasteiger partial charge in [0, 0.05) is 30.9 Å². The molecule has 0 fully saturated rings. The fourth-order valence-corrected chi connectivity index (χ4v) is 3.42. The van der Waals surface area contributed by atoms with E-state index in [2.05, 4.69) is 35.3 Å². The number of nitrogens with zero attached hydrogens (tertiary/aromatic N) is 10. The van der Waals surface area contributed by atoms with Gasteiger partial charge in [-0.1, -0.05) is 23.4 Å². The number of fused-ring (bicyclic) bond motifs is 1. The number of halogens is 1. The number of hydrogen-bond acceptors (Lipinski definition) is 9. The van der Waals surface area contributed by atoms with Gasteiger partial charge in [-0.15, -0.1) is 17.5 Å². The topological polar surface area (TPSA) is 113 Å². The van der Waals surface area contributed by atoms with Crippen LogP contribution in [-0.4, -0.2) is 76.9 Å². The molecule has 0 N–H and O–H groups in total. The van der Waals surface area contributed by atoms with Crippen LogP contribution in [0, 0.1) is 0 Å². The number of hydrogen-bond donors (Lipinski definition) is 0. The Kier molecular flexibility index (Phi) is 7.28. The number of likely N-dealkylation sites (N-methyl/N-ethyl adjacent to an activating group) is 1. The lowest BCUT2D eigenvalue weighted by Gasteiger charge is -2.10. The molecule has 11 nitrogen and oxygen atoms in total. The average Bonchev–Trinajstić information content (AvgIpc) is 3.45. The Morgan fingerprint density at radius 2 is 1.83 bits per heavy atom. The fraction of sp³-hybridized carbons (Fsp3) is 0.261. The highest BCUT2D eigenvalue weighted by atomic mass is 35.5. The predicted octanol–water partition coefficient (Wildman–Crippen LogP) is 2.49. The summed E-state index contributed by atoms with van der Waals surface area (Å²) < 4.78 is 9.15. The van der Waals surface area contributed by atoms with Crippen molar-refractivity contribution >= 4 is 23.7 Å². The van der Waals surface area contributed by atoms with E-state index in [1.165, 1.54) is 0 Å². The monoisotopic (exact) mass is 492 g/mol. The van der Waals surface area contributed by atoms with Crippen molar-refractivity contribution in [2.45, 2.75) is 6.54 Å². The van der Waals surface area contributed by atoms with Crippen LogP contribution in [0.2, 0.25) is 0 Å². The summed E-state index contributed by atoms with van der Waals surface area (Å²) in [5.74, 6) is 1.28. The Balaban J connectivity index is 0.00000289. The van der Waals surface area contributed by atoms with Crippen LogP contribution in [0.4, 0.5) is 0 Å². The number of ether oxygens (including phenoxy) is 1. The third kappa shape index (κ3) is 5.58. The Bertz CT molecular complexity index is 1410. The van der Waals surface area contributed by atoms with Gasteiger partial charge in [-0.05, 0) is 25.7 Å². The summed E-state index contributed by atoms with van der Waals surface area (Å²) in [5.41, 5.74) is 4.65. The smallest absolute Gasteiger partial charge is 0.221 e. The molecule has 5 rings (SSSR count). The minimum atomic E-state index is 0. The van der Waals surface area contributed by atoms with E-state index in [0.717, 1.165) is 28.9 Å².